The zero-order chi connectivity index (χ0) is 11.2. The van der Waals surface area contributed by atoms with Gasteiger partial charge in [-0.3, -0.25) is 4.79 Å². The molecule has 4 heteroatoms. The summed E-state index contributed by atoms with van der Waals surface area (Å²) in [6.07, 6.45) is 0.414. The molecule has 0 bridgehead atoms. The van der Waals surface area contributed by atoms with Crippen LogP contribution < -0.4 is 5.32 Å². The number of carbonyl (C=O) groups is 1. The third-order valence-corrected chi connectivity index (χ3v) is 1.82. The highest BCUT2D eigenvalue weighted by atomic mass is 32.1. The van der Waals surface area contributed by atoms with Gasteiger partial charge in [0.1, 0.15) is 0 Å². The van der Waals surface area contributed by atoms with Crippen LogP contribution >= 0.6 is 12.6 Å². The lowest BCUT2D eigenvalue weighted by molar-refractivity contribution is -0.143. The van der Waals surface area contributed by atoms with E-state index in [0.717, 1.165) is 6.54 Å². The highest BCUT2D eigenvalue weighted by Crippen LogP contribution is 2.10. The average molecular weight is 219 g/mol. The highest BCUT2D eigenvalue weighted by molar-refractivity contribution is 7.81. The van der Waals surface area contributed by atoms with Gasteiger partial charge < -0.3 is 10.1 Å². The Bertz CT molecular complexity index is 177. The fraction of sp³-hybridized carbons (Fsp3) is 0.900. The van der Waals surface area contributed by atoms with Crippen LogP contribution in [-0.4, -0.2) is 29.9 Å². The minimum Gasteiger partial charge on any atom is -0.466 e. The van der Waals surface area contributed by atoms with E-state index in [2.05, 4.69) is 17.9 Å². The molecular weight excluding hydrogens is 198 g/mol. The first-order valence-electron chi connectivity index (χ1n) is 4.96. The number of ether oxygens (including phenoxy) is 1. The molecule has 0 radical (unpaired) electrons. The molecule has 0 aliphatic carbocycles. The monoisotopic (exact) mass is 219 g/mol. The molecule has 0 rings (SSSR count). The molecule has 0 amide bonds. The minimum absolute atomic E-state index is 0.0527. The van der Waals surface area contributed by atoms with Crippen LogP contribution in [0.1, 0.15) is 34.1 Å². The first-order chi connectivity index (χ1) is 6.35. The number of carbonyl (C=O) groups excluding carboxylic acids is 1. The number of nitrogens with one attached hydrogen (secondary N) is 1. The summed E-state index contributed by atoms with van der Waals surface area (Å²) in [5, 5.41) is 3.23. The number of hydrogen-bond acceptors (Lipinski definition) is 4. The predicted molar refractivity (Wildman–Crippen MR) is 61.8 cm³/mol. The second-order valence-electron chi connectivity index (χ2n) is 4.10. The van der Waals surface area contributed by atoms with Gasteiger partial charge in [0, 0.05) is 17.3 Å². The van der Waals surface area contributed by atoms with Crippen molar-refractivity contribution in [3.8, 4) is 0 Å². The Morgan fingerprint density at radius 2 is 2.14 bits per heavy atom. The van der Waals surface area contributed by atoms with Crippen molar-refractivity contribution in [2.75, 3.05) is 13.2 Å². The summed E-state index contributed by atoms with van der Waals surface area (Å²) in [6, 6.07) is 0.139. The van der Waals surface area contributed by atoms with Gasteiger partial charge in [0.2, 0.25) is 0 Å². The average Bonchev–Trinajstić information content (AvgIpc) is 2.00. The van der Waals surface area contributed by atoms with Crippen LogP contribution in [0.5, 0.6) is 0 Å². The Morgan fingerprint density at radius 3 is 2.57 bits per heavy atom. The molecule has 0 heterocycles. The molecule has 0 fully saturated rings. The van der Waals surface area contributed by atoms with Gasteiger partial charge >= 0.3 is 5.97 Å². The lowest BCUT2D eigenvalue weighted by atomic mass is 10.1. The van der Waals surface area contributed by atoms with Crippen molar-refractivity contribution >= 4 is 18.6 Å². The van der Waals surface area contributed by atoms with Gasteiger partial charge in [0.25, 0.3) is 0 Å². The van der Waals surface area contributed by atoms with Gasteiger partial charge in [-0.05, 0) is 27.7 Å². The van der Waals surface area contributed by atoms with E-state index in [1.807, 2.05) is 27.7 Å². The zero-order valence-corrected chi connectivity index (χ0v) is 10.4. The molecule has 0 aliphatic rings. The molecule has 84 valence electrons. The maximum atomic E-state index is 11.1. The largest absolute Gasteiger partial charge is 0.466 e. The van der Waals surface area contributed by atoms with E-state index in [1.54, 1.807) is 0 Å². The third-order valence-electron chi connectivity index (χ3n) is 1.66. The lowest BCUT2D eigenvalue weighted by Crippen LogP contribution is -2.37. The summed E-state index contributed by atoms with van der Waals surface area (Å²) in [5.74, 6) is -0.149. The van der Waals surface area contributed by atoms with Gasteiger partial charge in [-0.2, -0.15) is 12.6 Å². The van der Waals surface area contributed by atoms with Crippen LogP contribution in [0, 0.1) is 0 Å². The summed E-state index contributed by atoms with van der Waals surface area (Å²) >= 11 is 4.38. The molecule has 0 spiro atoms. The van der Waals surface area contributed by atoms with Crippen LogP contribution in [-0.2, 0) is 9.53 Å². The molecule has 0 aromatic rings. The predicted octanol–water partition coefficient (Wildman–Crippen LogP) is 1.63. The molecule has 14 heavy (non-hydrogen) atoms. The Kier molecular flexibility index (Phi) is 6.20. The Balaban J connectivity index is 3.65. The molecule has 0 aliphatic heterocycles. The van der Waals surface area contributed by atoms with Gasteiger partial charge in [-0.25, -0.2) is 0 Å². The molecular formula is C10H21NO2S. The summed E-state index contributed by atoms with van der Waals surface area (Å²) in [6.45, 7) is 9.06. The second-order valence-corrected chi connectivity index (χ2v) is 5.31. The first-order valence-corrected chi connectivity index (χ1v) is 5.41. The van der Waals surface area contributed by atoms with Crippen molar-refractivity contribution in [2.24, 2.45) is 0 Å². The summed E-state index contributed by atoms with van der Waals surface area (Å²) in [7, 11) is 0. The van der Waals surface area contributed by atoms with E-state index >= 15 is 0 Å². The SMILES string of the molecule is CCOC(=O)CC(C)NCC(C)(C)S. The van der Waals surface area contributed by atoms with Gasteiger partial charge in [0.05, 0.1) is 13.0 Å². The van der Waals surface area contributed by atoms with Crippen LogP contribution in [0.4, 0.5) is 0 Å². The topological polar surface area (TPSA) is 38.3 Å². The summed E-state index contributed by atoms with van der Waals surface area (Å²) < 4.78 is 4.79. The number of thiol groups is 1. The summed E-state index contributed by atoms with van der Waals surface area (Å²) in [5.41, 5.74) is 0. The minimum atomic E-state index is -0.149. The van der Waals surface area contributed by atoms with E-state index in [9.17, 15) is 4.79 Å². The fourth-order valence-corrected chi connectivity index (χ4v) is 1.06. The Morgan fingerprint density at radius 1 is 1.57 bits per heavy atom. The van der Waals surface area contributed by atoms with E-state index in [0.29, 0.717) is 13.0 Å². The van der Waals surface area contributed by atoms with E-state index in [1.165, 1.54) is 0 Å². The molecule has 1 unspecified atom stereocenters. The Hall–Kier alpha value is -0.220. The molecule has 0 saturated heterocycles. The number of hydrogen-bond donors (Lipinski definition) is 2. The Labute approximate surface area is 92.0 Å². The molecule has 0 aromatic carbocycles. The standard InChI is InChI=1S/C10H21NO2S/c1-5-13-9(12)6-8(2)11-7-10(3,4)14/h8,11,14H,5-7H2,1-4H3. The number of rotatable bonds is 6. The van der Waals surface area contributed by atoms with E-state index in [4.69, 9.17) is 4.74 Å². The van der Waals surface area contributed by atoms with E-state index < -0.39 is 0 Å². The van der Waals surface area contributed by atoms with Crippen molar-refractivity contribution in [1.82, 2.24) is 5.32 Å². The fourth-order valence-electron chi connectivity index (χ4n) is 0.966. The second kappa shape index (κ2) is 6.30. The highest BCUT2D eigenvalue weighted by Gasteiger charge is 2.14. The van der Waals surface area contributed by atoms with Gasteiger partial charge in [-0.1, -0.05) is 0 Å². The van der Waals surface area contributed by atoms with Crippen LogP contribution in [0.25, 0.3) is 0 Å². The maximum Gasteiger partial charge on any atom is 0.307 e. The van der Waals surface area contributed by atoms with E-state index in [-0.39, 0.29) is 16.8 Å². The van der Waals surface area contributed by atoms with Crippen molar-refractivity contribution in [2.45, 2.75) is 44.9 Å². The molecule has 3 nitrogen and oxygen atoms in total. The first kappa shape index (κ1) is 13.8. The molecule has 0 saturated carbocycles. The molecule has 1 atom stereocenters. The van der Waals surface area contributed by atoms with Crippen LogP contribution in [0.3, 0.4) is 0 Å². The number of esters is 1. The quantitative estimate of drug-likeness (QED) is 0.527. The van der Waals surface area contributed by atoms with Gasteiger partial charge in [-0.15, -0.1) is 0 Å². The van der Waals surface area contributed by atoms with Crippen LogP contribution in [0.15, 0.2) is 0 Å². The van der Waals surface area contributed by atoms with Gasteiger partial charge in [0.15, 0.2) is 0 Å². The van der Waals surface area contributed by atoms with Crippen LogP contribution in [0.2, 0.25) is 0 Å². The summed E-state index contributed by atoms with van der Waals surface area (Å²) in [4.78, 5) is 11.1. The van der Waals surface area contributed by atoms with Crippen molar-refractivity contribution in [1.29, 1.82) is 0 Å². The molecule has 0 aromatic heterocycles. The smallest absolute Gasteiger partial charge is 0.307 e. The third kappa shape index (κ3) is 8.38. The van der Waals surface area contributed by atoms with Crippen molar-refractivity contribution in [3.63, 3.8) is 0 Å². The zero-order valence-electron chi connectivity index (χ0n) is 9.46. The normalized spacial score (nSPS) is 13.8. The molecule has 1 N–H and O–H groups in total. The van der Waals surface area contributed by atoms with Crippen molar-refractivity contribution < 1.29 is 9.53 Å². The lowest BCUT2D eigenvalue weighted by Gasteiger charge is -2.21. The van der Waals surface area contributed by atoms with Crippen molar-refractivity contribution in [3.05, 3.63) is 0 Å². The maximum absolute atomic E-state index is 11.1.